The van der Waals surface area contributed by atoms with Gasteiger partial charge in [0, 0.05) is 0 Å². The Morgan fingerprint density at radius 2 is 1.33 bits per heavy atom. The highest BCUT2D eigenvalue weighted by Gasteiger charge is 2.43. The molecule has 0 spiro atoms. The van der Waals surface area contributed by atoms with Crippen LogP contribution < -0.4 is 5.19 Å². The van der Waals surface area contributed by atoms with Crippen LogP contribution in [0.1, 0.15) is 0 Å². The van der Waals surface area contributed by atoms with Crippen LogP contribution in [0.15, 0.2) is 30.3 Å². The zero-order chi connectivity index (χ0) is 14.0. The summed E-state index contributed by atoms with van der Waals surface area (Å²) in [5.41, 5.74) is 0. The molecule has 3 nitrogen and oxygen atoms in total. The first-order valence-corrected chi connectivity index (χ1v) is 14.8. The van der Waals surface area contributed by atoms with Crippen LogP contribution in [0.4, 0.5) is 0 Å². The fourth-order valence-corrected chi connectivity index (χ4v) is 12.7. The predicted molar refractivity (Wildman–Crippen MR) is 82.9 cm³/mol. The molecular formula is C12H24O3Si3. The van der Waals surface area contributed by atoms with Crippen LogP contribution >= 0.6 is 0 Å². The summed E-state index contributed by atoms with van der Waals surface area (Å²) in [7, 11) is -6.87. The van der Waals surface area contributed by atoms with E-state index >= 15 is 0 Å². The Balaban J connectivity index is 3.09. The second kappa shape index (κ2) is 5.40. The average molecular weight is 301 g/mol. The highest BCUT2D eigenvalue weighted by molar-refractivity contribution is 6.93. The molecule has 0 fully saturated rings. The molecule has 0 aliphatic heterocycles. The second-order valence-corrected chi connectivity index (χ2v) is 17.3. The van der Waals surface area contributed by atoms with Gasteiger partial charge in [-0.25, -0.2) is 0 Å². The van der Waals surface area contributed by atoms with Gasteiger partial charge in [0.25, 0.3) is 0 Å². The van der Waals surface area contributed by atoms with Crippen LogP contribution in [0.5, 0.6) is 0 Å². The van der Waals surface area contributed by atoms with Crippen molar-refractivity contribution in [3.05, 3.63) is 30.3 Å². The maximum absolute atomic E-state index is 10.1. The van der Waals surface area contributed by atoms with E-state index in [0.29, 0.717) is 0 Å². The highest BCUT2D eigenvalue weighted by atomic mass is 28.5. The third-order valence-electron chi connectivity index (χ3n) is 2.24. The average Bonchev–Trinajstić information content (AvgIpc) is 2.13. The number of hydrogen-bond donors (Lipinski definition) is 1. The maximum atomic E-state index is 10.1. The molecule has 1 rings (SSSR count). The molecule has 0 bridgehead atoms. The lowest BCUT2D eigenvalue weighted by Crippen LogP contribution is -2.60. The molecule has 102 valence electrons. The van der Waals surface area contributed by atoms with E-state index in [9.17, 15) is 4.80 Å². The molecule has 18 heavy (non-hydrogen) atoms. The molecule has 0 saturated carbocycles. The first-order valence-electron chi connectivity index (χ1n) is 6.20. The molecule has 1 atom stereocenters. The Morgan fingerprint density at radius 3 is 1.72 bits per heavy atom. The molecule has 1 aromatic carbocycles. The Hall–Kier alpha value is -0.249. The molecular weight excluding hydrogens is 276 g/mol. The molecule has 1 aromatic rings. The predicted octanol–water partition coefficient (Wildman–Crippen LogP) is 2.53. The minimum absolute atomic E-state index is 1.09. The summed E-state index contributed by atoms with van der Waals surface area (Å²) in [6.45, 7) is 12.1. The van der Waals surface area contributed by atoms with Crippen LogP contribution in [0.25, 0.3) is 0 Å². The minimum atomic E-state index is -2.62. The van der Waals surface area contributed by atoms with Gasteiger partial charge in [-0.2, -0.15) is 0 Å². The van der Waals surface area contributed by atoms with Crippen molar-refractivity contribution >= 4 is 30.6 Å². The van der Waals surface area contributed by atoms with E-state index in [1.54, 1.807) is 13.1 Å². The van der Waals surface area contributed by atoms with E-state index in [4.69, 9.17) is 8.23 Å². The van der Waals surface area contributed by atoms with Gasteiger partial charge >= 0.3 is 17.1 Å². The van der Waals surface area contributed by atoms with Gasteiger partial charge in [-0.05, 0) is 44.5 Å². The highest BCUT2D eigenvalue weighted by Crippen LogP contribution is 2.19. The van der Waals surface area contributed by atoms with E-state index < -0.39 is 25.4 Å². The van der Waals surface area contributed by atoms with Crippen LogP contribution in [0.3, 0.4) is 0 Å². The molecule has 6 heteroatoms. The van der Waals surface area contributed by atoms with Crippen molar-refractivity contribution in [2.24, 2.45) is 0 Å². The number of rotatable bonds is 5. The lowest BCUT2D eigenvalue weighted by Gasteiger charge is -2.37. The first-order chi connectivity index (χ1) is 8.02. The van der Waals surface area contributed by atoms with E-state index in [1.807, 2.05) is 36.9 Å². The summed E-state index contributed by atoms with van der Waals surface area (Å²) in [5.74, 6) is 0. The van der Waals surface area contributed by atoms with Crippen LogP contribution in [-0.4, -0.2) is 30.2 Å². The van der Waals surface area contributed by atoms with E-state index in [0.717, 1.165) is 5.19 Å². The standard InChI is InChI=1S/C12H24O3Si3/c1-16(2,3)14-18(6,15-17(4,5)13)12-10-8-7-9-11-12/h7-11,13H,1-6H3. The molecule has 1 unspecified atom stereocenters. The van der Waals surface area contributed by atoms with Gasteiger partial charge < -0.3 is 13.0 Å². The van der Waals surface area contributed by atoms with Gasteiger partial charge in [-0.3, -0.25) is 0 Å². The van der Waals surface area contributed by atoms with Gasteiger partial charge in [0.05, 0.1) is 0 Å². The molecule has 0 radical (unpaired) electrons. The lowest BCUT2D eigenvalue weighted by molar-refractivity contribution is 0.332. The SMILES string of the molecule is C[Si](C)(C)O[Si](C)(O[Si](C)(C)O)c1ccccc1. The first kappa shape index (κ1) is 15.8. The van der Waals surface area contributed by atoms with Gasteiger partial charge in [-0.1, -0.05) is 30.3 Å². The molecule has 1 N–H and O–H groups in total. The molecule has 0 saturated heterocycles. The quantitative estimate of drug-likeness (QED) is 0.849. The van der Waals surface area contributed by atoms with Gasteiger partial charge in [0.2, 0.25) is 0 Å². The van der Waals surface area contributed by atoms with Crippen molar-refractivity contribution in [1.29, 1.82) is 0 Å². The van der Waals surface area contributed by atoms with E-state index in [2.05, 4.69) is 19.6 Å². The van der Waals surface area contributed by atoms with Crippen molar-refractivity contribution in [2.75, 3.05) is 0 Å². The van der Waals surface area contributed by atoms with Crippen LogP contribution in [-0.2, 0) is 8.23 Å². The molecule has 0 aliphatic rings. The Bertz CT molecular complexity index is 366. The number of hydrogen-bond acceptors (Lipinski definition) is 3. The molecule has 0 aliphatic carbocycles. The summed E-state index contributed by atoms with van der Waals surface area (Å²) in [4.78, 5) is 10.1. The molecule has 0 heterocycles. The van der Waals surface area contributed by atoms with Crippen molar-refractivity contribution in [3.8, 4) is 0 Å². The van der Waals surface area contributed by atoms with Gasteiger partial charge in [-0.15, -0.1) is 0 Å². The topological polar surface area (TPSA) is 38.7 Å². The number of benzene rings is 1. The third-order valence-corrected chi connectivity index (χ3v) is 11.2. The Morgan fingerprint density at radius 1 is 0.833 bits per heavy atom. The van der Waals surface area contributed by atoms with Crippen LogP contribution in [0.2, 0.25) is 39.3 Å². The summed E-state index contributed by atoms with van der Waals surface area (Å²) in [6.07, 6.45) is 0. The third kappa shape index (κ3) is 5.17. The van der Waals surface area contributed by atoms with Gasteiger partial charge in [0.15, 0.2) is 8.32 Å². The molecule has 0 amide bonds. The summed E-state index contributed by atoms with van der Waals surface area (Å²) < 4.78 is 12.4. The van der Waals surface area contributed by atoms with E-state index in [-0.39, 0.29) is 0 Å². The fraction of sp³-hybridized carbons (Fsp3) is 0.500. The zero-order valence-corrected chi connectivity index (χ0v) is 15.2. The van der Waals surface area contributed by atoms with Gasteiger partial charge in [0.1, 0.15) is 0 Å². The molecule has 0 aromatic heterocycles. The summed E-state index contributed by atoms with van der Waals surface area (Å²) in [6, 6.07) is 10.0. The lowest BCUT2D eigenvalue weighted by atomic mass is 10.4. The van der Waals surface area contributed by atoms with Crippen molar-refractivity contribution in [1.82, 2.24) is 0 Å². The smallest absolute Gasteiger partial charge is 0.350 e. The largest absolute Gasteiger partial charge is 0.433 e. The Labute approximate surface area is 113 Å². The van der Waals surface area contributed by atoms with Crippen molar-refractivity contribution < 1.29 is 13.0 Å². The second-order valence-electron chi connectivity index (χ2n) is 6.07. The maximum Gasteiger partial charge on any atom is 0.350 e. The Kier molecular flexibility index (Phi) is 4.74. The normalized spacial score (nSPS) is 16.4. The summed E-state index contributed by atoms with van der Waals surface area (Å²) >= 11 is 0. The van der Waals surface area contributed by atoms with Crippen molar-refractivity contribution in [3.63, 3.8) is 0 Å². The minimum Gasteiger partial charge on any atom is -0.433 e. The van der Waals surface area contributed by atoms with Crippen LogP contribution in [0, 0.1) is 0 Å². The fourth-order valence-electron chi connectivity index (χ4n) is 1.94. The zero-order valence-electron chi connectivity index (χ0n) is 12.2. The monoisotopic (exact) mass is 300 g/mol. The van der Waals surface area contributed by atoms with Crippen molar-refractivity contribution in [2.45, 2.75) is 39.3 Å². The summed E-state index contributed by atoms with van der Waals surface area (Å²) in [5, 5.41) is 1.09. The van der Waals surface area contributed by atoms with E-state index in [1.165, 1.54) is 0 Å².